The van der Waals surface area contributed by atoms with Crippen LogP contribution in [0.5, 0.6) is 11.5 Å². The highest BCUT2D eigenvalue weighted by Gasteiger charge is 2.08. The van der Waals surface area contributed by atoms with Crippen molar-refractivity contribution >= 4 is 17.4 Å². The number of hydrogen-bond donors (Lipinski definition) is 2. The monoisotopic (exact) mass is 397 g/mol. The van der Waals surface area contributed by atoms with E-state index in [2.05, 4.69) is 25.6 Å². The summed E-state index contributed by atoms with van der Waals surface area (Å²) in [5, 5.41) is 5.96. The summed E-state index contributed by atoms with van der Waals surface area (Å²) < 4.78 is 5.78. The van der Waals surface area contributed by atoms with Crippen LogP contribution < -0.4 is 15.4 Å². The van der Waals surface area contributed by atoms with Crippen LogP contribution in [0.4, 0.5) is 11.5 Å². The van der Waals surface area contributed by atoms with Gasteiger partial charge in [0, 0.05) is 24.6 Å². The largest absolute Gasteiger partial charge is 0.457 e. The Morgan fingerprint density at radius 2 is 1.57 bits per heavy atom. The number of carbonyl (C=O) groups excluding carboxylic acids is 1. The van der Waals surface area contributed by atoms with Crippen molar-refractivity contribution in [2.24, 2.45) is 0 Å². The molecule has 7 nitrogen and oxygen atoms in total. The zero-order valence-corrected chi connectivity index (χ0v) is 16.0. The number of nitrogens with one attached hydrogen (secondary N) is 2. The lowest BCUT2D eigenvalue weighted by Gasteiger charge is -2.09. The fourth-order valence-corrected chi connectivity index (χ4v) is 2.66. The number of amides is 1. The molecule has 7 heteroatoms. The molecular formula is C23H19N5O2. The molecule has 0 spiro atoms. The molecule has 0 fully saturated rings. The van der Waals surface area contributed by atoms with E-state index < -0.39 is 0 Å². The number of aromatic nitrogens is 3. The number of nitrogens with zero attached hydrogens (tertiary/aromatic N) is 3. The van der Waals surface area contributed by atoms with Crippen molar-refractivity contribution in [3.05, 3.63) is 103 Å². The van der Waals surface area contributed by atoms with E-state index in [1.165, 1.54) is 12.4 Å². The number of pyridine rings is 1. The van der Waals surface area contributed by atoms with E-state index in [0.29, 0.717) is 12.4 Å². The molecule has 4 rings (SSSR count). The molecule has 2 aromatic heterocycles. The molecule has 0 aliphatic carbocycles. The van der Waals surface area contributed by atoms with Crippen LogP contribution in [-0.2, 0) is 6.54 Å². The third-order valence-corrected chi connectivity index (χ3v) is 4.19. The average Bonchev–Trinajstić information content (AvgIpc) is 2.81. The van der Waals surface area contributed by atoms with Gasteiger partial charge in [-0.05, 0) is 54.1 Å². The molecule has 0 radical (unpaired) electrons. The van der Waals surface area contributed by atoms with Gasteiger partial charge in [-0.2, -0.15) is 0 Å². The molecule has 0 saturated heterocycles. The standard InChI is InChI=1S/C23H19N5O2/c29-23(27-14-17-10-12-24-13-11-17)21-15-26-22(16-25-21)28-18-6-8-20(9-7-18)30-19-4-2-1-3-5-19/h1-13,15-16H,14H2,(H,26,28)(H,27,29). The van der Waals surface area contributed by atoms with Gasteiger partial charge in [0.25, 0.3) is 5.91 Å². The fourth-order valence-electron chi connectivity index (χ4n) is 2.66. The second-order valence-corrected chi connectivity index (χ2v) is 6.39. The lowest BCUT2D eigenvalue weighted by molar-refractivity contribution is 0.0945. The fraction of sp³-hybridized carbons (Fsp3) is 0.0435. The predicted octanol–water partition coefficient (Wildman–Crippen LogP) is 4.34. The molecule has 1 amide bonds. The number of carbonyl (C=O) groups is 1. The summed E-state index contributed by atoms with van der Waals surface area (Å²) in [5.41, 5.74) is 2.05. The third-order valence-electron chi connectivity index (χ3n) is 4.19. The molecule has 4 aromatic rings. The van der Waals surface area contributed by atoms with Crippen molar-refractivity contribution < 1.29 is 9.53 Å². The van der Waals surface area contributed by atoms with Crippen molar-refractivity contribution in [2.75, 3.05) is 5.32 Å². The Balaban J connectivity index is 1.32. The van der Waals surface area contributed by atoms with E-state index in [0.717, 1.165) is 22.7 Å². The lowest BCUT2D eigenvalue weighted by atomic mass is 10.2. The lowest BCUT2D eigenvalue weighted by Crippen LogP contribution is -2.24. The minimum absolute atomic E-state index is 0.251. The van der Waals surface area contributed by atoms with Crippen LogP contribution in [0.15, 0.2) is 91.5 Å². The van der Waals surface area contributed by atoms with Crippen LogP contribution in [-0.4, -0.2) is 20.9 Å². The highest BCUT2D eigenvalue weighted by molar-refractivity contribution is 5.92. The first-order valence-electron chi connectivity index (χ1n) is 9.35. The Kier molecular flexibility index (Phi) is 5.91. The van der Waals surface area contributed by atoms with Crippen LogP contribution in [0.2, 0.25) is 0 Å². The molecule has 2 N–H and O–H groups in total. The van der Waals surface area contributed by atoms with Crippen LogP contribution in [0.1, 0.15) is 16.1 Å². The van der Waals surface area contributed by atoms with Crippen molar-refractivity contribution in [1.82, 2.24) is 20.3 Å². The molecule has 0 saturated carbocycles. The second kappa shape index (κ2) is 9.29. The van der Waals surface area contributed by atoms with Gasteiger partial charge in [-0.15, -0.1) is 0 Å². The summed E-state index contributed by atoms with van der Waals surface area (Å²) in [5.74, 6) is 1.77. The molecule has 2 heterocycles. The smallest absolute Gasteiger partial charge is 0.271 e. The second-order valence-electron chi connectivity index (χ2n) is 6.39. The van der Waals surface area contributed by atoms with Gasteiger partial charge >= 0.3 is 0 Å². The van der Waals surface area contributed by atoms with E-state index in [1.54, 1.807) is 12.4 Å². The van der Waals surface area contributed by atoms with Crippen molar-refractivity contribution in [1.29, 1.82) is 0 Å². The van der Waals surface area contributed by atoms with Gasteiger partial charge in [0.05, 0.1) is 12.4 Å². The Morgan fingerprint density at radius 1 is 0.833 bits per heavy atom. The summed E-state index contributed by atoms with van der Waals surface area (Å²) in [7, 11) is 0. The van der Waals surface area contributed by atoms with Gasteiger partial charge in [-0.3, -0.25) is 9.78 Å². The average molecular weight is 397 g/mol. The summed E-state index contributed by atoms with van der Waals surface area (Å²) in [6.45, 7) is 0.403. The molecule has 0 bridgehead atoms. The quantitative estimate of drug-likeness (QED) is 0.482. The van der Waals surface area contributed by atoms with Crippen LogP contribution in [0.3, 0.4) is 0 Å². The van der Waals surface area contributed by atoms with E-state index in [1.807, 2.05) is 66.7 Å². The molecule has 148 valence electrons. The Hall–Kier alpha value is -4.26. The maximum Gasteiger partial charge on any atom is 0.271 e. The molecule has 0 aliphatic rings. The zero-order chi connectivity index (χ0) is 20.6. The summed E-state index contributed by atoms with van der Waals surface area (Å²) in [6, 6.07) is 20.8. The predicted molar refractivity (Wildman–Crippen MR) is 114 cm³/mol. The Labute approximate surface area is 173 Å². The van der Waals surface area contributed by atoms with Gasteiger partial charge in [0.2, 0.25) is 0 Å². The normalized spacial score (nSPS) is 10.3. The molecule has 0 unspecified atom stereocenters. The summed E-state index contributed by atoms with van der Waals surface area (Å²) in [4.78, 5) is 24.6. The molecule has 0 atom stereocenters. The number of para-hydroxylation sites is 1. The summed E-state index contributed by atoms with van der Waals surface area (Å²) >= 11 is 0. The van der Waals surface area contributed by atoms with E-state index in [4.69, 9.17) is 4.74 Å². The Morgan fingerprint density at radius 3 is 2.27 bits per heavy atom. The maximum absolute atomic E-state index is 12.2. The van der Waals surface area contributed by atoms with Gasteiger partial charge in [-0.1, -0.05) is 18.2 Å². The van der Waals surface area contributed by atoms with Crippen molar-refractivity contribution in [3.8, 4) is 11.5 Å². The van der Waals surface area contributed by atoms with Crippen molar-refractivity contribution in [3.63, 3.8) is 0 Å². The first kappa shape index (κ1) is 19.1. The van der Waals surface area contributed by atoms with Crippen LogP contribution in [0, 0.1) is 0 Å². The van der Waals surface area contributed by atoms with Crippen LogP contribution >= 0.6 is 0 Å². The van der Waals surface area contributed by atoms with E-state index in [-0.39, 0.29) is 11.6 Å². The first-order valence-corrected chi connectivity index (χ1v) is 9.35. The minimum atomic E-state index is -0.284. The summed E-state index contributed by atoms with van der Waals surface area (Å²) in [6.07, 6.45) is 6.33. The van der Waals surface area contributed by atoms with Gasteiger partial charge in [0.15, 0.2) is 0 Å². The van der Waals surface area contributed by atoms with Gasteiger partial charge < -0.3 is 15.4 Å². The molecule has 0 aliphatic heterocycles. The maximum atomic E-state index is 12.2. The number of rotatable bonds is 7. The zero-order valence-electron chi connectivity index (χ0n) is 16.0. The van der Waals surface area contributed by atoms with E-state index in [9.17, 15) is 4.79 Å². The molecule has 30 heavy (non-hydrogen) atoms. The number of ether oxygens (including phenoxy) is 1. The number of hydrogen-bond acceptors (Lipinski definition) is 6. The molecular weight excluding hydrogens is 378 g/mol. The Bertz CT molecular complexity index is 1090. The highest BCUT2D eigenvalue weighted by atomic mass is 16.5. The van der Waals surface area contributed by atoms with Crippen molar-refractivity contribution in [2.45, 2.75) is 6.54 Å². The first-order chi connectivity index (χ1) is 14.8. The SMILES string of the molecule is O=C(NCc1ccncc1)c1cnc(Nc2ccc(Oc3ccccc3)cc2)cn1. The topological polar surface area (TPSA) is 89.0 Å². The van der Waals surface area contributed by atoms with Gasteiger partial charge in [-0.25, -0.2) is 9.97 Å². The minimum Gasteiger partial charge on any atom is -0.457 e. The van der Waals surface area contributed by atoms with E-state index >= 15 is 0 Å². The number of benzene rings is 2. The number of anilines is 2. The van der Waals surface area contributed by atoms with Crippen LogP contribution in [0.25, 0.3) is 0 Å². The molecule has 2 aromatic carbocycles. The third kappa shape index (κ3) is 5.17. The van der Waals surface area contributed by atoms with Gasteiger partial charge in [0.1, 0.15) is 23.0 Å². The highest BCUT2D eigenvalue weighted by Crippen LogP contribution is 2.23.